The van der Waals surface area contributed by atoms with Gasteiger partial charge >= 0.3 is 0 Å². The molecule has 1 fully saturated rings. The SMILES string of the molecule is CCOc1cc(N2CCOCC2)ccc1Nc1ncc(Cl)c(Nc2ccccc2S(=O)(=O)N(C)C)n1. The smallest absolute Gasteiger partial charge is 0.244 e. The van der Waals surface area contributed by atoms with Gasteiger partial charge in [0.15, 0.2) is 5.82 Å². The molecular weight excluding hydrogens is 504 g/mol. The normalized spacial score (nSPS) is 14.1. The van der Waals surface area contributed by atoms with Gasteiger partial charge in [-0.05, 0) is 31.2 Å². The largest absolute Gasteiger partial charge is 0.492 e. The summed E-state index contributed by atoms with van der Waals surface area (Å²) in [6.45, 7) is 5.43. The Balaban J connectivity index is 1.61. The lowest BCUT2D eigenvalue weighted by atomic mass is 10.2. The van der Waals surface area contributed by atoms with Gasteiger partial charge in [0.05, 0.1) is 37.4 Å². The topological polar surface area (TPSA) is 109 Å². The van der Waals surface area contributed by atoms with Crippen molar-refractivity contribution >= 4 is 50.5 Å². The molecule has 36 heavy (non-hydrogen) atoms. The van der Waals surface area contributed by atoms with E-state index in [1.807, 2.05) is 25.1 Å². The molecule has 1 saturated heterocycles. The predicted octanol–water partition coefficient (Wildman–Crippen LogP) is 4.10. The van der Waals surface area contributed by atoms with E-state index in [0.29, 0.717) is 36.9 Å². The van der Waals surface area contributed by atoms with E-state index in [2.05, 4.69) is 25.5 Å². The average molecular weight is 533 g/mol. The van der Waals surface area contributed by atoms with Gasteiger partial charge in [-0.25, -0.2) is 17.7 Å². The van der Waals surface area contributed by atoms with Gasteiger partial charge in [0.1, 0.15) is 15.7 Å². The number of benzene rings is 2. The first kappa shape index (κ1) is 26.0. The van der Waals surface area contributed by atoms with E-state index in [9.17, 15) is 8.42 Å². The van der Waals surface area contributed by atoms with Crippen molar-refractivity contribution in [1.82, 2.24) is 14.3 Å². The highest BCUT2D eigenvalue weighted by atomic mass is 35.5. The molecule has 0 unspecified atom stereocenters. The van der Waals surface area contributed by atoms with Crippen molar-refractivity contribution in [3.05, 3.63) is 53.7 Å². The summed E-state index contributed by atoms with van der Waals surface area (Å²) in [7, 11) is -0.728. The number of hydrogen-bond donors (Lipinski definition) is 2. The van der Waals surface area contributed by atoms with Crippen molar-refractivity contribution in [3.63, 3.8) is 0 Å². The quantitative estimate of drug-likeness (QED) is 0.421. The molecular formula is C24H29ClN6O4S. The molecule has 0 amide bonds. The molecule has 1 aliphatic heterocycles. The fraction of sp³-hybridized carbons (Fsp3) is 0.333. The van der Waals surface area contributed by atoms with Gasteiger partial charge < -0.3 is 25.0 Å². The molecule has 192 valence electrons. The Morgan fingerprint density at radius 1 is 1.11 bits per heavy atom. The van der Waals surface area contributed by atoms with Crippen LogP contribution in [0.25, 0.3) is 0 Å². The van der Waals surface area contributed by atoms with Gasteiger partial charge in [-0.1, -0.05) is 23.7 Å². The highest BCUT2D eigenvalue weighted by Crippen LogP contribution is 2.34. The molecule has 0 atom stereocenters. The minimum absolute atomic E-state index is 0.108. The molecule has 1 aliphatic rings. The number of anilines is 5. The van der Waals surface area contributed by atoms with Crippen molar-refractivity contribution < 1.29 is 17.9 Å². The molecule has 4 rings (SSSR count). The maximum atomic E-state index is 12.8. The van der Waals surface area contributed by atoms with E-state index >= 15 is 0 Å². The van der Waals surface area contributed by atoms with Crippen LogP contribution in [0, 0.1) is 0 Å². The number of para-hydroxylation sites is 1. The van der Waals surface area contributed by atoms with Crippen LogP contribution in [0.3, 0.4) is 0 Å². The zero-order chi connectivity index (χ0) is 25.7. The Kier molecular flexibility index (Phi) is 8.14. The van der Waals surface area contributed by atoms with Crippen LogP contribution in [0.5, 0.6) is 5.75 Å². The summed E-state index contributed by atoms with van der Waals surface area (Å²) >= 11 is 6.35. The monoisotopic (exact) mass is 532 g/mol. The number of aromatic nitrogens is 2. The number of hydrogen-bond acceptors (Lipinski definition) is 9. The average Bonchev–Trinajstić information content (AvgIpc) is 2.88. The summed E-state index contributed by atoms with van der Waals surface area (Å²) in [4.78, 5) is 11.1. The molecule has 0 saturated carbocycles. The first-order valence-corrected chi connectivity index (χ1v) is 13.3. The van der Waals surface area contributed by atoms with E-state index in [0.717, 1.165) is 23.1 Å². The minimum atomic E-state index is -3.68. The Morgan fingerprint density at radius 2 is 1.86 bits per heavy atom. The molecule has 2 N–H and O–H groups in total. The summed E-state index contributed by atoms with van der Waals surface area (Å²) in [5.74, 6) is 1.20. The zero-order valence-corrected chi connectivity index (χ0v) is 21.9. The molecule has 10 nitrogen and oxygen atoms in total. The Hall–Kier alpha value is -3.12. The van der Waals surface area contributed by atoms with Crippen LogP contribution in [-0.4, -0.2) is 69.7 Å². The van der Waals surface area contributed by atoms with Crippen LogP contribution in [0.4, 0.5) is 28.8 Å². The summed E-state index contributed by atoms with van der Waals surface area (Å²) in [6.07, 6.45) is 1.45. The molecule has 1 aromatic heterocycles. The zero-order valence-electron chi connectivity index (χ0n) is 20.4. The van der Waals surface area contributed by atoms with Crippen LogP contribution < -0.4 is 20.3 Å². The second-order valence-corrected chi connectivity index (χ2v) is 10.7. The second kappa shape index (κ2) is 11.3. The van der Waals surface area contributed by atoms with E-state index in [-0.39, 0.29) is 21.7 Å². The molecule has 2 aromatic carbocycles. The highest BCUT2D eigenvalue weighted by Gasteiger charge is 2.22. The summed E-state index contributed by atoms with van der Waals surface area (Å²) in [6, 6.07) is 12.5. The highest BCUT2D eigenvalue weighted by molar-refractivity contribution is 7.89. The minimum Gasteiger partial charge on any atom is -0.492 e. The lowest BCUT2D eigenvalue weighted by molar-refractivity contribution is 0.122. The first-order chi connectivity index (χ1) is 17.3. The number of sulfonamides is 1. The number of nitrogens with zero attached hydrogens (tertiary/aromatic N) is 4. The number of halogens is 1. The maximum absolute atomic E-state index is 12.8. The third-order valence-corrected chi connectivity index (χ3v) is 7.68. The molecule has 0 radical (unpaired) electrons. The van der Waals surface area contributed by atoms with E-state index in [1.165, 1.54) is 26.4 Å². The molecule has 0 spiro atoms. The van der Waals surface area contributed by atoms with Crippen LogP contribution >= 0.6 is 11.6 Å². The van der Waals surface area contributed by atoms with E-state index in [1.54, 1.807) is 18.2 Å². The Bertz CT molecular complexity index is 1320. The summed E-state index contributed by atoms with van der Waals surface area (Å²) in [5.41, 5.74) is 2.09. The number of rotatable bonds is 9. The van der Waals surface area contributed by atoms with Crippen molar-refractivity contribution in [3.8, 4) is 5.75 Å². The molecule has 2 heterocycles. The molecule has 12 heteroatoms. The molecule has 0 bridgehead atoms. The second-order valence-electron chi connectivity index (χ2n) is 8.14. The fourth-order valence-electron chi connectivity index (χ4n) is 3.66. The van der Waals surface area contributed by atoms with Gasteiger partial charge in [-0.3, -0.25) is 0 Å². The van der Waals surface area contributed by atoms with Crippen LogP contribution in [0.1, 0.15) is 6.92 Å². The Morgan fingerprint density at radius 3 is 2.58 bits per heavy atom. The van der Waals surface area contributed by atoms with Crippen molar-refractivity contribution in [1.29, 1.82) is 0 Å². The van der Waals surface area contributed by atoms with Crippen LogP contribution in [0.15, 0.2) is 53.6 Å². The van der Waals surface area contributed by atoms with E-state index < -0.39 is 10.0 Å². The number of ether oxygens (including phenoxy) is 2. The summed E-state index contributed by atoms with van der Waals surface area (Å²) < 4.78 is 38.0. The Labute approximate surface area is 216 Å². The van der Waals surface area contributed by atoms with Gasteiger partial charge in [0.2, 0.25) is 16.0 Å². The van der Waals surface area contributed by atoms with Gasteiger partial charge in [0.25, 0.3) is 0 Å². The van der Waals surface area contributed by atoms with Crippen LogP contribution in [-0.2, 0) is 14.8 Å². The number of nitrogens with one attached hydrogen (secondary N) is 2. The standard InChI is InChI=1S/C24H29ClN6O4S/c1-4-35-21-15-17(31-11-13-34-14-12-31)9-10-19(21)28-24-26-16-18(25)23(29-24)27-20-7-5-6-8-22(20)36(32,33)30(2)3/h5-10,15-16H,4,11-14H2,1-3H3,(H2,26,27,28,29). The third-order valence-electron chi connectivity index (χ3n) is 5.53. The van der Waals surface area contributed by atoms with E-state index in [4.69, 9.17) is 21.1 Å². The predicted molar refractivity (Wildman–Crippen MR) is 142 cm³/mol. The molecule has 3 aromatic rings. The lowest BCUT2D eigenvalue weighted by Crippen LogP contribution is -2.36. The van der Waals surface area contributed by atoms with Crippen molar-refractivity contribution in [2.24, 2.45) is 0 Å². The van der Waals surface area contributed by atoms with Crippen molar-refractivity contribution in [2.45, 2.75) is 11.8 Å². The van der Waals surface area contributed by atoms with Crippen LogP contribution in [0.2, 0.25) is 5.02 Å². The van der Waals surface area contributed by atoms with Crippen molar-refractivity contribution in [2.75, 3.05) is 62.5 Å². The number of morpholine rings is 1. The van der Waals surface area contributed by atoms with Gasteiger partial charge in [-0.15, -0.1) is 0 Å². The fourth-order valence-corrected chi connectivity index (χ4v) is 4.84. The maximum Gasteiger partial charge on any atom is 0.244 e. The van der Waals surface area contributed by atoms with Gasteiger partial charge in [0, 0.05) is 38.9 Å². The molecule has 0 aliphatic carbocycles. The summed E-state index contributed by atoms with van der Waals surface area (Å²) in [5, 5.41) is 6.47. The first-order valence-electron chi connectivity index (χ1n) is 11.5. The third kappa shape index (κ3) is 5.81. The lowest BCUT2D eigenvalue weighted by Gasteiger charge is -2.29. The van der Waals surface area contributed by atoms with Gasteiger partial charge in [-0.2, -0.15) is 4.98 Å².